The van der Waals surface area contributed by atoms with Crippen molar-refractivity contribution in [1.82, 2.24) is 25.1 Å². The number of benzene rings is 1. The largest absolute Gasteiger partial charge is 0.493 e. The number of methoxy groups -OCH3 is 1. The van der Waals surface area contributed by atoms with Crippen molar-refractivity contribution in [1.29, 1.82) is 0 Å². The van der Waals surface area contributed by atoms with Gasteiger partial charge in [0.1, 0.15) is 5.82 Å². The fourth-order valence-corrected chi connectivity index (χ4v) is 8.06. The first-order chi connectivity index (χ1) is 20.4. The molecular formula is C31H27FN6O3S. The number of carbonyl (C=O) groups excluding carboxylic acids is 1. The van der Waals surface area contributed by atoms with E-state index < -0.39 is 0 Å². The van der Waals surface area contributed by atoms with E-state index in [2.05, 4.69) is 21.6 Å². The van der Waals surface area contributed by atoms with E-state index in [1.165, 1.54) is 13.2 Å². The number of fused-ring (bicyclic) bond motifs is 5. The fraction of sp³-hybridized carbons (Fsp3) is 0.323. The van der Waals surface area contributed by atoms with Gasteiger partial charge in [0.05, 0.1) is 46.4 Å². The van der Waals surface area contributed by atoms with Gasteiger partial charge in [-0.2, -0.15) is 0 Å². The first-order valence-corrected chi connectivity index (χ1v) is 14.9. The molecule has 1 aromatic carbocycles. The summed E-state index contributed by atoms with van der Waals surface area (Å²) in [6.45, 7) is 4.42. The molecule has 1 amide bonds. The van der Waals surface area contributed by atoms with Crippen LogP contribution >= 0.6 is 11.3 Å². The first-order valence-electron chi connectivity index (χ1n) is 14.1. The lowest BCUT2D eigenvalue weighted by molar-refractivity contribution is 0.0776. The van der Waals surface area contributed by atoms with Gasteiger partial charge in [0.2, 0.25) is 11.8 Å². The Kier molecular flexibility index (Phi) is 5.62. The average Bonchev–Trinajstić information content (AvgIpc) is 3.80. The second-order valence-corrected chi connectivity index (χ2v) is 12.1. The zero-order valence-electron chi connectivity index (χ0n) is 23.3. The molecule has 8 rings (SSSR count). The third kappa shape index (κ3) is 3.62. The minimum atomic E-state index is -0.345. The highest BCUT2D eigenvalue weighted by Gasteiger charge is 2.44. The lowest BCUT2D eigenvalue weighted by Crippen LogP contribution is -2.22. The number of aromatic nitrogens is 4. The molecule has 0 bridgehead atoms. The summed E-state index contributed by atoms with van der Waals surface area (Å²) in [5.41, 5.74) is 5.62. The molecule has 0 spiro atoms. The number of aryl methyl sites for hydroxylation is 2. The predicted octanol–water partition coefficient (Wildman–Crippen LogP) is 6.56. The van der Waals surface area contributed by atoms with Gasteiger partial charge >= 0.3 is 0 Å². The van der Waals surface area contributed by atoms with Gasteiger partial charge in [-0.05, 0) is 61.8 Å². The molecule has 2 atom stereocenters. The van der Waals surface area contributed by atoms with Crippen LogP contribution in [-0.2, 0) is 6.42 Å². The standard InChI is InChI=1S/C31H27FN6O3S/c1-14-23(30-37-36-15(2)41-30)24(25-26(34-14)21-5-4-12-38(21)31(25)39)22-13-16-10-11-33-29(28(16)42-22)35-20-9-7-18-17(20)6-8-19(32)27(18)40-3/h6,8,10-11,13,20-21H,4-5,7,9,12H2,1-3H3,(H,33,35). The maximum absolute atomic E-state index is 14.4. The minimum absolute atomic E-state index is 0.000886. The number of halogens is 1. The van der Waals surface area contributed by atoms with Crippen LogP contribution in [-0.4, -0.2) is 44.6 Å². The monoisotopic (exact) mass is 582 g/mol. The van der Waals surface area contributed by atoms with Crippen molar-refractivity contribution in [2.75, 3.05) is 19.0 Å². The third-order valence-corrected chi connectivity index (χ3v) is 9.87. The summed E-state index contributed by atoms with van der Waals surface area (Å²) in [6, 6.07) is 7.35. The molecule has 42 heavy (non-hydrogen) atoms. The normalized spacial score (nSPS) is 19.0. The Morgan fingerprint density at radius 1 is 1.14 bits per heavy atom. The number of rotatable bonds is 5. The second-order valence-electron chi connectivity index (χ2n) is 11.1. The fourth-order valence-electron chi connectivity index (χ4n) is 6.90. The summed E-state index contributed by atoms with van der Waals surface area (Å²) in [4.78, 5) is 26.4. The maximum Gasteiger partial charge on any atom is 0.257 e. The molecule has 1 saturated heterocycles. The summed E-state index contributed by atoms with van der Waals surface area (Å²) in [7, 11) is 1.51. The number of ether oxygens (including phenoxy) is 1. The first kappa shape index (κ1) is 25.3. The molecule has 2 unspecified atom stereocenters. The number of anilines is 1. The lowest BCUT2D eigenvalue weighted by atomic mass is 9.95. The van der Waals surface area contributed by atoms with E-state index >= 15 is 0 Å². The Hall–Kier alpha value is -4.38. The van der Waals surface area contributed by atoms with Crippen molar-refractivity contribution in [3.8, 4) is 27.6 Å². The number of nitrogens with zero attached hydrogens (tertiary/aromatic N) is 5. The number of carbonyl (C=O) groups is 1. The number of amides is 1. The molecule has 5 aromatic rings. The molecule has 9 nitrogen and oxygen atoms in total. The van der Waals surface area contributed by atoms with Gasteiger partial charge in [-0.3, -0.25) is 9.78 Å². The molecule has 1 N–H and O–H groups in total. The van der Waals surface area contributed by atoms with Gasteiger partial charge in [-0.25, -0.2) is 9.37 Å². The van der Waals surface area contributed by atoms with Crippen LogP contribution in [0, 0.1) is 19.7 Å². The van der Waals surface area contributed by atoms with E-state index in [0.29, 0.717) is 28.7 Å². The van der Waals surface area contributed by atoms with Crippen LogP contribution in [0.4, 0.5) is 10.2 Å². The number of nitrogens with one attached hydrogen (secondary N) is 1. The summed E-state index contributed by atoms with van der Waals surface area (Å²) in [5, 5.41) is 13.0. The van der Waals surface area contributed by atoms with Gasteiger partial charge in [0, 0.05) is 35.7 Å². The van der Waals surface area contributed by atoms with Crippen LogP contribution in [0.3, 0.4) is 0 Å². The molecule has 4 aromatic heterocycles. The second kappa shape index (κ2) is 9.32. The quantitative estimate of drug-likeness (QED) is 0.248. The van der Waals surface area contributed by atoms with E-state index in [9.17, 15) is 9.18 Å². The molecule has 212 valence electrons. The van der Waals surface area contributed by atoms with Gasteiger partial charge in [-0.1, -0.05) is 6.07 Å². The summed E-state index contributed by atoms with van der Waals surface area (Å²) >= 11 is 1.57. The Morgan fingerprint density at radius 2 is 2.02 bits per heavy atom. The molecule has 11 heteroatoms. The molecule has 1 aliphatic carbocycles. The van der Waals surface area contributed by atoms with Crippen LogP contribution < -0.4 is 10.1 Å². The highest BCUT2D eigenvalue weighted by Crippen LogP contribution is 2.50. The van der Waals surface area contributed by atoms with Crippen molar-refractivity contribution in [3.05, 3.63) is 70.2 Å². The number of thiophene rings is 1. The molecule has 0 radical (unpaired) electrons. The van der Waals surface area contributed by atoms with Gasteiger partial charge in [-0.15, -0.1) is 21.5 Å². The van der Waals surface area contributed by atoms with Crippen molar-refractivity contribution >= 4 is 33.1 Å². The topological polar surface area (TPSA) is 106 Å². The van der Waals surface area contributed by atoms with E-state index in [0.717, 1.165) is 81.1 Å². The Labute approximate surface area is 244 Å². The SMILES string of the molecule is COc1c(F)ccc2c1CCC2Nc1nccc2cc(-c3c4c(nc(C)c3-c3nnc(C)o3)C3CCCN3C4=O)sc12. The number of hydrogen-bond acceptors (Lipinski definition) is 9. The van der Waals surface area contributed by atoms with E-state index in [-0.39, 0.29) is 23.8 Å². The third-order valence-electron chi connectivity index (χ3n) is 8.69. The minimum Gasteiger partial charge on any atom is -0.493 e. The molecule has 0 saturated carbocycles. The maximum atomic E-state index is 14.4. The Morgan fingerprint density at radius 3 is 2.83 bits per heavy atom. The lowest BCUT2D eigenvalue weighted by Gasteiger charge is -2.16. The van der Waals surface area contributed by atoms with Crippen molar-refractivity contribution in [3.63, 3.8) is 0 Å². The molecule has 6 heterocycles. The number of hydrogen-bond donors (Lipinski definition) is 1. The average molecular weight is 583 g/mol. The van der Waals surface area contributed by atoms with Crippen LogP contribution in [0.2, 0.25) is 0 Å². The van der Waals surface area contributed by atoms with E-state index in [1.807, 2.05) is 24.0 Å². The van der Waals surface area contributed by atoms with Crippen LogP contribution in [0.15, 0.2) is 34.9 Å². The van der Waals surface area contributed by atoms with Gasteiger partial charge < -0.3 is 19.4 Å². The zero-order valence-corrected chi connectivity index (χ0v) is 24.1. The predicted molar refractivity (Wildman–Crippen MR) is 156 cm³/mol. The van der Waals surface area contributed by atoms with Crippen molar-refractivity contribution < 1.29 is 18.3 Å². The molecular weight excluding hydrogens is 555 g/mol. The molecule has 2 aliphatic heterocycles. The van der Waals surface area contributed by atoms with Crippen LogP contribution in [0.1, 0.15) is 70.1 Å². The van der Waals surface area contributed by atoms with Crippen molar-refractivity contribution in [2.24, 2.45) is 0 Å². The number of pyridine rings is 2. The van der Waals surface area contributed by atoms with Crippen molar-refractivity contribution in [2.45, 2.75) is 51.6 Å². The van der Waals surface area contributed by atoms with E-state index in [1.54, 1.807) is 24.5 Å². The Bertz CT molecular complexity index is 1930. The van der Waals surface area contributed by atoms with Crippen LogP contribution in [0.5, 0.6) is 5.75 Å². The highest BCUT2D eigenvalue weighted by molar-refractivity contribution is 7.23. The summed E-state index contributed by atoms with van der Waals surface area (Å²) < 4.78 is 26.6. The molecule has 1 fully saturated rings. The smallest absolute Gasteiger partial charge is 0.257 e. The van der Waals surface area contributed by atoms with E-state index in [4.69, 9.17) is 19.1 Å². The zero-order chi connectivity index (χ0) is 28.7. The summed E-state index contributed by atoms with van der Waals surface area (Å²) in [6.07, 6.45) is 5.19. The Balaban J connectivity index is 1.28. The van der Waals surface area contributed by atoms with Gasteiger partial charge in [0.15, 0.2) is 11.6 Å². The van der Waals surface area contributed by atoms with Crippen LogP contribution in [0.25, 0.3) is 32.0 Å². The van der Waals surface area contributed by atoms with Gasteiger partial charge in [0.25, 0.3) is 5.91 Å². The summed E-state index contributed by atoms with van der Waals surface area (Å²) in [5.74, 6) is 1.52. The highest BCUT2D eigenvalue weighted by atomic mass is 32.1. The molecule has 3 aliphatic rings.